The molecule has 12 heteroatoms. The van der Waals surface area contributed by atoms with E-state index in [0.29, 0.717) is 53.9 Å². The van der Waals surface area contributed by atoms with E-state index in [2.05, 4.69) is 19.8 Å². The Morgan fingerprint density at radius 1 is 1.32 bits per heavy atom. The highest BCUT2D eigenvalue weighted by atomic mass is 32.2. The highest BCUT2D eigenvalue weighted by Gasteiger charge is 2.27. The van der Waals surface area contributed by atoms with Crippen LogP contribution in [-0.4, -0.2) is 31.6 Å². The Bertz CT molecular complexity index is 1480. The number of nitrogens with one attached hydrogen (secondary N) is 1. The topological polar surface area (TPSA) is 148 Å². The first kappa shape index (κ1) is 22.0. The van der Waals surface area contributed by atoms with E-state index in [0.717, 1.165) is 12.8 Å². The highest BCUT2D eigenvalue weighted by molar-refractivity contribution is 7.91. The summed E-state index contributed by atoms with van der Waals surface area (Å²) >= 11 is 0. The Morgan fingerprint density at radius 2 is 2.15 bits per heavy atom. The lowest BCUT2D eigenvalue weighted by atomic mass is 9.97. The zero-order valence-corrected chi connectivity index (χ0v) is 18.8. The molecule has 3 heterocycles. The molecule has 1 aromatic carbocycles. The first-order valence-corrected chi connectivity index (χ1v) is 12.2. The van der Waals surface area contributed by atoms with Gasteiger partial charge in [0.2, 0.25) is 5.88 Å². The van der Waals surface area contributed by atoms with Crippen molar-refractivity contribution in [1.82, 2.24) is 14.8 Å². The van der Waals surface area contributed by atoms with Crippen LogP contribution in [0.1, 0.15) is 29.7 Å². The third kappa shape index (κ3) is 3.89. The molecule has 1 atom stereocenters. The van der Waals surface area contributed by atoms with Crippen molar-refractivity contribution in [3.63, 3.8) is 0 Å². The molecule has 5 rings (SSSR count). The van der Waals surface area contributed by atoms with Gasteiger partial charge in [0.25, 0.3) is 0 Å². The van der Waals surface area contributed by atoms with Crippen molar-refractivity contribution in [2.45, 2.75) is 37.1 Å². The molecule has 0 radical (unpaired) electrons. The average molecular weight is 482 g/mol. The Labute approximate surface area is 194 Å². The summed E-state index contributed by atoms with van der Waals surface area (Å²) in [7, 11) is -3.66. The predicted molar refractivity (Wildman–Crippen MR) is 121 cm³/mol. The lowest BCUT2D eigenvalue weighted by Gasteiger charge is -2.17. The number of ether oxygens (including phenoxy) is 1. The molecular formula is C22H20FN7O3S. The number of carbonyl (C=O) groups is 1. The zero-order valence-electron chi connectivity index (χ0n) is 18.0. The van der Waals surface area contributed by atoms with E-state index in [4.69, 9.17) is 9.88 Å². The fraction of sp³-hybridized carbons (Fsp3) is 0.273. The van der Waals surface area contributed by atoms with E-state index in [9.17, 15) is 18.7 Å². The molecule has 174 valence electrons. The van der Waals surface area contributed by atoms with E-state index in [-0.39, 0.29) is 22.3 Å². The summed E-state index contributed by atoms with van der Waals surface area (Å²) in [4.78, 5) is 16.9. The van der Waals surface area contributed by atoms with Gasteiger partial charge in [-0.15, -0.1) is 4.36 Å². The van der Waals surface area contributed by atoms with Crippen molar-refractivity contribution >= 4 is 21.6 Å². The molecular weight excluding hydrogens is 461 g/mol. The second kappa shape index (κ2) is 8.51. The van der Waals surface area contributed by atoms with Gasteiger partial charge < -0.3 is 10.1 Å². The van der Waals surface area contributed by atoms with E-state index < -0.39 is 15.9 Å². The van der Waals surface area contributed by atoms with Crippen LogP contribution in [-0.2, 0) is 29.3 Å². The largest absolute Gasteiger partial charge is 0.477 e. The predicted octanol–water partition coefficient (Wildman–Crippen LogP) is 3.16. The minimum atomic E-state index is -3.66. The molecule has 0 fully saturated rings. The van der Waals surface area contributed by atoms with Crippen LogP contribution < -0.4 is 15.2 Å². The fourth-order valence-electron chi connectivity index (χ4n) is 4.31. The monoisotopic (exact) mass is 481 g/mol. The second-order valence-electron chi connectivity index (χ2n) is 7.96. The number of anilines is 1. The van der Waals surface area contributed by atoms with Gasteiger partial charge >= 0.3 is 6.03 Å². The summed E-state index contributed by atoms with van der Waals surface area (Å²) in [5.74, 6) is -0.154. The quantitative estimate of drug-likeness (QED) is 0.587. The molecule has 2 aromatic heterocycles. The Kier molecular flexibility index (Phi) is 5.51. The number of nitriles is 1. The van der Waals surface area contributed by atoms with Crippen molar-refractivity contribution < 1.29 is 18.1 Å². The molecule has 3 N–H and O–H groups in total. The minimum Gasteiger partial charge on any atom is -0.477 e. The number of hydrogen-bond donors (Lipinski definition) is 2. The number of nitrogens with two attached hydrogens (primary N) is 1. The summed E-state index contributed by atoms with van der Waals surface area (Å²) in [6.07, 6.45) is 5.29. The van der Waals surface area contributed by atoms with E-state index in [1.54, 1.807) is 6.07 Å². The maximum absolute atomic E-state index is 14.8. The second-order valence-corrected chi connectivity index (χ2v) is 9.72. The van der Waals surface area contributed by atoms with Gasteiger partial charge in [0, 0.05) is 24.7 Å². The SMILES string of the molecule is N#Cc1cc(-c2cc(F)c3c(c2NC(=O)N=[S@@](N)(=O)c2cnn4c2OCCC4)CCC3)ccn1. The summed E-state index contributed by atoms with van der Waals surface area (Å²) < 4.78 is 38.8. The minimum absolute atomic E-state index is 0.0414. The Hall–Kier alpha value is -3.82. The smallest absolute Gasteiger partial charge is 0.354 e. The maximum atomic E-state index is 14.8. The number of benzene rings is 1. The van der Waals surface area contributed by atoms with Crippen molar-refractivity contribution in [1.29, 1.82) is 5.26 Å². The van der Waals surface area contributed by atoms with Gasteiger partial charge in [-0.25, -0.2) is 28.2 Å². The van der Waals surface area contributed by atoms with Gasteiger partial charge in [-0.05, 0) is 54.2 Å². The van der Waals surface area contributed by atoms with Gasteiger partial charge in [0.1, 0.15) is 22.5 Å². The van der Waals surface area contributed by atoms with Crippen LogP contribution in [0.25, 0.3) is 11.1 Å². The van der Waals surface area contributed by atoms with E-state index in [1.165, 1.54) is 29.2 Å². The van der Waals surface area contributed by atoms with Crippen molar-refractivity contribution in [3.8, 4) is 23.1 Å². The van der Waals surface area contributed by atoms with Crippen LogP contribution in [0, 0.1) is 17.1 Å². The van der Waals surface area contributed by atoms with Gasteiger partial charge in [-0.3, -0.25) is 0 Å². The van der Waals surface area contributed by atoms with Gasteiger partial charge in [0.15, 0.2) is 9.92 Å². The molecule has 10 nitrogen and oxygen atoms in total. The number of hydrogen-bond acceptors (Lipinski definition) is 6. The van der Waals surface area contributed by atoms with E-state index >= 15 is 0 Å². The number of urea groups is 1. The number of nitrogens with zero attached hydrogens (tertiary/aromatic N) is 5. The molecule has 0 saturated carbocycles. The number of rotatable bonds is 3. The number of fused-ring (bicyclic) bond motifs is 2. The summed E-state index contributed by atoms with van der Waals surface area (Å²) in [5.41, 5.74) is 2.53. The van der Waals surface area contributed by atoms with Gasteiger partial charge in [-0.1, -0.05) is 0 Å². The van der Waals surface area contributed by atoms with Crippen molar-refractivity contribution in [2.75, 3.05) is 11.9 Å². The average Bonchev–Trinajstić information content (AvgIpc) is 3.49. The molecule has 2 amide bonds. The molecule has 0 saturated heterocycles. The molecule has 0 unspecified atom stereocenters. The van der Waals surface area contributed by atoms with Crippen molar-refractivity contribution in [2.24, 2.45) is 9.50 Å². The third-order valence-corrected chi connectivity index (χ3v) is 7.16. The first-order valence-electron chi connectivity index (χ1n) is 10.6. The van der Waals surface area contributed by atoms with Crippen LogP contribution >= 0.6 is 0 Å². The van der Waals surface area contributed by atoms with Gasteiger partial charge in [0.05, 0.1) is 18.5 Å². The zero-order chi connectivity index (χ0) is 23.9. The molecule has 34 heavy (non-hydrogen) atoms. The molecule has 0 spiro atoms. The lowest BCUT2D eigenvalue weighted by molar-refractivity contribution is 0.224. The highest BCUT2D eigenvalue weighted by Crippen LogP contribution is 2.39. The van der Waals surface area contributed by atoms with Crippen molar-refractivity contribution in [3.05, 3.63) is 53.2 Å². The number of aryl methyl sites for hydroxylation is 1. The molecule has 1 aliphatic heterocycles. The summed E-state index contributed by atoms with van der Waals surface area (Å²) in [5, 5.41) is 21.9. The fourth-order valence-corrected chi connectivity index (χ4v) is 5.31. The maximum Gasteiger partial charge on any atom is 0.354 e. The van der Waals surface area contributed by atoms with Crippen LogP contribution in [0.15, 0.2) is 39.9 Å². The molecule has 3 aromatic rings. The Morgan fingerprint density at radius 3 is 2.97 bits per heavy atom. The third-order valence-electron chi connectivity index (χ3n) is 5.81. The molecule has 0 bridgehead atoms. The number of pyridine rings is 1. The normalized spacial score (nSPS) is 15.9. The van der Waals surface area contributed by atoms with Gasteiger partial charge in [-0.2, -0.15) is 10.4 Å². The number of aromatic nitrogens is 3. The van der Waals surface area contributed by atoms with Crippen LogP contribution in [0.2, 0.25) is 0 Å². The molecule has 2 aliphatic rings. The van der Waals surface area contributed by atoms with Crippen LogP contribution in [0.3, 0.4) is 0 Å². The summed E-state index contributed by atoms with van der Waals surface area (Å²) in [6, 6.07) is 5.45. The van der Waals surface area contributed by atoms with E-state index in [1.807, 2.05) is 6.07 Å². The Balaban J connectivity index is 1.56. The lowest BCUT2D eigenvalue weighted by Crippen LogP contribution is -2.21. The van der Waals surface area contributed by atoms with Crippen LogP contribution in [0.4, 0.5) is 14.9 Å². The first-order chi connectivity index (χ1) is 16.4. The van der Waals surface area contributed by atoms with Crippen LogP contribution in [0.5, 0.6) is 5.88 Å². The number of halogens is 1. The molecule has 1 aliphatic carbocycles. The standard InChI is InChI=1S/C22H20FN7O3S/c23-18-10-17(13-5-6-26-14(9-13)11-24)20(16-4-1-3-15(16)18)28-22(31)29-34(25,32)19-12-27-30-7-2-8-33-21(19)30/h5-6,9-10,12H,1-4,7-8H2,(H3,25,28,29,31,32)/t34-/m1/s1. The number of carbonyl (C=O) groups excluding carboxylic acids is 1. The summed E-state index contributed by atoms with van der Waals surface area (Å²) in [6.45, 7) is 1.00. The number of amides is 2.